The molecule has 0 radical (unpaired) electrons. The minimum atomic E-state index is -1.13. The lowest BCUT2D eigenvalue weighted by atomic mass is 10.1. The Kier molecular flexibility index (Phi) is 4.99. The van der Waals surface area contributed by atoms with Gasteiger partial charge in [0.1, 0.15) is 12.2 Å². The lowest BCUT2D eigenvalue weighted by Crippen LogP contribution is -2.49. The van der Waals surface area contributed by atoms with E-state index in [1.807, 2.05) is 6.07 Å². The summed E-state index contributed by atoms with van der Waals surface area (Å²) in [6.45, 7) is 1.42. The van der Waals surface area contributed by atoms with Crippen molar-refractivity contribution in [3.63, 3.8) is 0 Å². The van der Waals surface area contributed by atoms with Gasteiger partial charge >= 0.3 is 0 Å². The Balaban J connectivity index is 1.79. The zero-order valence-corrected chi connectivity index (χ0v) is 14.5. The van der Waals surface area contributed by atoms with E-state index in [0.717, 1.165) is 23.7 Å². The Morgan fingerprint density at radius 2 is 1.91 bits per heavy atom. The molecule has 1 aromatic carbocycles. The maximum Gasteiger partial charge on any atom is 0.254 e. The average molecular weight is 383 g/mol. The molecular formula is C17H20BrFN2O2. The first-order valence-corrected chi connectivity index (χ1v) is 8.85. The highest BCUT2D eigenvalue weighted by atomic mass is 79.9. The van der Waals surface area contributed by atoms with Gasteiger partial charge in [-0.1, -0.05) is 22.0 Å². The molecule has 124 valence electrons. The van der Waals surface area contributed by atoms with Crippen LogP contribution in [-0.4, -0.2) is 53.5 Å². The van der Waals surface area contributed by atoms with E-state index in [9.17, 15) is 14.0 Å². The van der Waals surface area contributed by atoms with Crippen molar-refractivity contribution in [2.45, 2.75) is 37.9 Å². The number of hydrogen-bond donors (Lipinski definition) is 0. The molecule has 6 heteroatoms. The minimum absolute atomic E-state index is 0.00437. The summed E-state index contributed by atoms with van der Waals surface area (Å²) < 4.78 is 14.7. The van der Waals surface area contributed by atoms with Crippen LogP contribution in [0.15, 0.2) is 28.7 Å². The van der Waals surface area contributed by atoms with E-state index >= 15 is 0 Å². The molecular weight excluding hydrogens is 363 g/mol. The third-order valence-electron chi connectivity index (χ3n) is 4.54. The second-order valence-corrected chi connectivity index (χ2v) is 7.12. The van der Waals surface area contributed by atoms with E-state index in [-0.39, 0.29) is 24.8 Å². The molecule has 2 heterocycles. The van der Waals surface area contributed by atoms with Crippen LogP contribution in [0.5, 0.6) is 0 Å². The summed E-state index contributed by atoms with van der Waals surface area (Å²) in [5, 5.41) is 0. The van der Waals surface area contributed by atoms with Crippen molar-refractivity contribution in [3.8, 4) is 0 Å². The van der Waals surface area contributed by atoms with Crippen molar-refractivity contribution >= 4 is 27.7 Å². The van der Waals surface area contributed by atoms with Crippen molar-refractivity contribution in [2.75, 3.05) is 19.6 Å². The summed E-state index contributed by atoms with van der Waals surface area (Å²) in [5.41, 5.74) is 0.477. The first kappa shape index (κ1) is 16.4. The summed E-state index contributed by atoms with van der Waals surface area (Å²) in [7, 11) is 0. The zero-order valence-electron chi connectivity index (χ0n) is 12.9. The molecule has 2 saturated heterocycles. The smallest absolute Gasteiger partial charge is 0.254 e. The molecule has 0 aromatic heterocycles. The Morgan fingerprint density at radius 3 is 2.61 bits per heavy atom. The highest BCUT2D eigenvalue weighted by molar-refractivity contribution is 9.10. The molecule has 0 saturated carbocycles. The molecule has 0 spiro atoms. The van der Waals surface area contributed by atoms with Crippen LogP contribution < -0.4 is 0 Å². The second kappa shape index (κ2) is 6.99. The Labute approximate surface area is 143 Å². The van der Waals surface area contributed by atoms with Crippen LogP contribution >= 0.6 is 15.9 Å². The van der Waals surface area contributed by atoms with Crippen molar-refractivity contribution < 1.29 is 14.0 Å². The van der Waals surface area contributed by atoms with Crippen LogP contribution in [-0.2, 0) is 4.79 Å². The molecule has 2 fully saturated rings. The molecule has 2 amide bonds. The molecule has 1 aromatic rings. The van der Waals surface area contributed by atoms with Gasteiger partial charge in [0.15, 0.2) is 0 Å². The van der Waals surface area contributed by atoms with Gasteiger partial charge in [-0.3, -0.25) is 9.59 Å². The maximum atomic E-state index is 13.9. The number of rotatable bonds is 2. The topological polar surface area (TPSA) is 40.6 Å². The fourth-order valence-corrected chi connectivity index (χ4v) is 3.75. The number of likely N-dealkylation sites (tertiary alicyclic amines) is 2. The van der Waals surface area contributed by atoms with Gasteiger partial charge in [0.25, 0.3) is 5.91 Å². The van der Waals surface area contributed by atoms with Crippen molar-refractivity contribution in [2.24, 2.45) is 0 Å². The quantitative estimate of drug-likeness (QED) is 0.788. The molecule has 4 nitrogen and oxygen atoms in total. The lowest BCUT2D eigenvalue weighted by molar-refractivity contribution is -0.136. The van der Waals surface area contributed by atoms with Gasteiger partial charge in [-0.2, -0.15) is 0 Å². The third kappa shape index (κ3) is 3.57. The van der Waals surface area contributed by atoms with Crippen molar-refractivity contribution in [1.29, 1.82) is 0 Å². The number of amides is 2. The maximum absolute atomic E-state index is 13.9. The van der Waals surface area contributed by atoms with Gasteiger partial charge in [0.2, 0.25) is 5.91 Å². The van der Waals surface area contributed by atoms with Gasteiger partial charge < -0.3 is 9.80 Å². The lowest BCUT2D eigenvalue weighted by Gasteiger charge is -2.32. The fourth-order valence-electron chi connectivity index (χ4n) is 3.36. The number of alkyl halides is 1. The standard InChI is InChI=1S/C17H20BrFN2O2/c18-13-6-4-5-12(9-13)16(22)21-11-14(19)10-15(21)17(23)20-7-2-1-3-8-20/h4-6,9,14-15H,1-3,7-8,10-11H2/t14-,15-/m0/s1. The minimum Gasteiger partial charge on any atom is -0.341 e. The van der Waals surface area contributed by atoms with Gasteiger partial charge in [0, 0.05) is 29.5 Å². The van der Waals surface area contributed by atoms with Crippen LogP contribution in [0.2, 0.25) is 0 Å². The molecule has 3 rings (SSSR count). The largest absolute Gasteiger partial charge is 0.341 e. The molecule has 0 N–H and O–H groups in total. The molecule has 0 bridgehead atoms. The summed E-state index contributed by atoms with van der Waals surface area (Å²) in [4.78, 5) is 28.6. The number of piperidine rings is 1. The van der Waals surface area contributed by atoms with E-state index in [0.29, 0.717) is 18.7 Å². The van der Waals surface area contributed by atoms with Gasteiger partial charge in [-0.05, 0) is 37.5 Å². The Hall–Kier alpha value is -1.43. The number of nitrogens with zero attached hydrogens (tertiary/aromatic N) is 2. The number of benzene rings is 1. The average Bonchev–Trinajstić information content (AvgIpc) is 2.96. The van der Waals surface area contributed by atoms with Gasteiger partial charge in [-0.25, -0.2) is 4.39 Å². The monoisotopic (exact) mass is 382 g/mol. The molecule has 0 unspecified atom stereocenters. The van der Waals surface area contributed by atoms with E-state index in [1.54, 1.807) is 23.1 Å². The Morgan fingerprint density at radius 1 is 1.17 bits per heavy atom. The predicted molar refractivity (Wildman–Crippen MR) is 88.9 cm³/mol. The van der Waals surface area contributed by atoms with Crippen molar-refractivity contribution in [3.05, 3.63) is 34.3 Å². The van der Waals surface area contributed by atoms with Crippen LogP contribution in [0, 0.1) is 0 Å². The first-order chi connectivity index (χ1) is 11.1. The van der Waals surface area contributed by atoms with E-state index in [4.69, 9.17) is 0 Å². The van der Waals surface area contributed by atoms with Crippen LogP contribution in [0.25, 0.3) is 0 Å². The third-order valence-corrected chi connectivity index (χ3v) is 5.03. The fraction of sp³-hybridized carbons (Fsp3) is 0.529. The van der Waals surface area contributed by atoms with E-state index in [2.05, 4.69) is 15.9 Å². The number of halogens is 2. The summed E-state index contributed by atoms with van der Waals surface area (Å²) >= 11 is 3.34. The summed E-state index contributed by atoms with van der Waals surface area (Å²) in [5.74, 6) is -0.380. The number of carbonyl (C=O) groups excluding carboxylic acids is 2. The Bertz CT molecular complexity index is 604. The van der Waals surface area contributed by atoms with Crippen LogP contribution in [0.1, 0.15) is 36.0 Å². The highest BCUT2D eigenvalue weighted by Crippen LogP contribution is 2.26. The molecule has 2 atom stereocenters. The normalized spacial score (nSPS) is 24.8. The molecule has 2 aliphatic heterocycles. The molecule has 23 heavy (non-hydrogen) atoms. The van der Waals surface area contributed by atoms with E-state index < -0.39 is 12.2 Å². The first-order valence-electron chi connectivity index (χ1n) is 8.05. The zero-order chi connectivity index (χ0) is 16.4. The van der Waals surface area contributed by atoms with Gasteiger partial charge in [0.05, 0.1) is 6.54 Å². The van der Waals surface area contributed by atoms with E-state index in [1.165, 1.54) is 4.90 Å². The van der Waals surface area contributed by atoms with Crippen LogP contribution in [0.4, 0.5) is 4.39 Å². The molecule has 0 aliphatic carbocycles. The predicted octanol–water partition coefficient (Wildman–Crippen LogP) is 3.01. The second-order valence-electron chi connectivity index (χ2n) is 6.20. The number of hydrogen-bond acceptors (Lipinski definition) is 2. The van der Waals surface area contributed by atoms with Crippen LogP contribution in [0.3, 0.4) is 0 Å². The highest BCUT2D eigenvalue weighted by Gasteiger charge is 2.41. The van der Waals surface area contributed by atoms with Gasteiger partial charge in [-0.15, -0.1) is 0 Å². The summed E-state index contributed by atoms with van der Waals surface area (Å²) in [6.07, 6.45) is 2.06. The molecule has 2 aliphatic rings. The van der Waals surface area contributed by atoms with Crippen molar-refractivity contribution in [1.82, 2.24) is 9.80 Å². The number of carbonyl (C=O) groups is 2. The SMILES string of the molecule is O=C([C@@H]1C[C@H](F)CN1C(=O)c1cccc(Br)c1)N1CCCCC1. The summed E-state index contributed by atoms with van der Waals surface area (Å²) in [6, 6.07) is 6.32.